The number of nitro groups is 2. The highest BCUT2D eigenvalue weighted by atomic mass is 16.6. The molecule has 4 aromatic rings. The van der Waals surface area contributed by atoms with Crippen molar-refractivity contribution in [2.75, 3.05) is 0 Å². The molecule has 4 rings (SSSR count). The lowest BCUT2D eigenvalue weighted by Gasteiger charge is -2.24. The van der Waals surface area contributed by atoms with Crippen LogP contribution in [0.4, 0.5) is 11.6 Å². The first-order valence-electron chi connectivity index (χ1n) is 11.3. The molecule has 0 unspecified atom stereocenters. The highest BCUT2D eigenvalue weighted by Gasteiger charge is 2.29. The van der Waals surface area contributed by atoms with E-state index in [0.29, 0.717) is 40.6 Å². The van der Waals surface area contributed by atoms with Crippen molar-refractivity contribution < 1.29 is 9.85 Å². The van der Waals surface area contributed by atoms with Gasteiger partial charge in [-0.3, -0.25) is 0 Å². The van der Waals surface area contributed by atoms with Crippen molar-refractivity contribution in [2.24, 2.45) is 0 Å². The summed E-state index contributed by atoms with van der Waals surface area (Å²) in [6.45, 7) is 7.73. The van der Waals surface area contributed by atoms with Gasteiger partial charge in [0.1, 0.15) is 11.4 Å². The number of aryl methyl sites for hydroxylation is 2. The van der Waals surface area contributed by atoms with E-state index in [0.717, 1.165) is 11.1 Å². The molecule has 4 aromatic heterocycles. The molecule has 0 saturated carbocycles. The van der Waals surface area contributed by atoms with Gasteiger partial charge in [0.15, 0.2) is 0 Å². The quantitative estimate of drug-likeness (QED) is 0.243. The van der Waals surface area contributed by atoms with Crippen LogP contribution in [0.3, 0.4) is 0 Å². The van der Waals surface area contributed by atoms with Crippen LogP contribution in [-0.4, -0.2) is 29.8 Å². The molecule has 0 aromatic carbocycles. The number of rotatable bonds is 7. The number of nitrogens with zero attached hydrogens (tertiary/aromatic N) is 6. The molecule has 0 N–H and O–H groups in total. The van der Waals surface area contributed by atoms with Crippen molar-refractivity contribution in [3.8, 4) is 22.8 Å². The maximum absolute atomic E-state index is 11.3. The van der Waals surface area contributed by atoms with Crippen molar-refractivity contribution in [1.29, 1.82) is 0 Å². The van der Waals surface area contributed by atoms with Gasteiger partial charge in [-0.1, -0.05) is 19.1 Å². The Kier molecular flexibility index (Phi) is 6.52. The summed E-state index contributed by atoms with van der Waals surface area (Å²) < 4.78 is 0. The second-order valence-corrected chi connectivity index (χ2v) is 8.82. The van der Waals surface area contributed by atoms with Crippen molar-refractivity contribution in [3.63, 3.8) is 0 Å². The van der Waals surface area contributed by atoms with Gasteiger partial charge in [-0.15, -0.1) is 0 Å². The van der Waals surface area contributed by atoms with Gasteiger partial charge in [-0.05, 0) is 83.4 Å². The molecule has 0 spiro atoms. The topological polar surface area (TPSA) is 138 Å². The van der Waals surface area contributed by atoms with E-state index in [1.165, 1.54) is 12.1 Å². The summed E-state index contributed by atoms with van der Waals surface area (Å²) >= 11 is 0. The lowest BCUT2D eigenvalue weighted by atomic mass is 9.84. The summed E-state index contributed by atoms with van der Waals surface area (Å²) in [5.74, 6) is -0.476. The summed E-state index contributed by atoms with van der Waals surface area (Å²) in [6.07, 6.45) is 0.648. The van der Waals surface area contributed by atoms with Crippen molar-refractivity contribution in [1.82, 2.24) is 19.9 Å². The number of pyridine rings is 4. The first-order valence-corrected chi connectivity index (χ1v) is 11.3. The Morgan fingerprint density at radius 2 is 1.22 bits per heavy atom. The summed E-state index contributed by atoms with van der Waals surface area (Å²) in [5, 5.41) is 22.5. The van der Waals surface area contributed by atoms with Crippen molar-refractivity contribution >= 4 is 11.6 Å². The zero-order valence-corrected chi connectivity index (χ0v) is 20.3. The van der Waals surface area contributed by atoms with Gasteiger partial charge in [0.25, 0.3) is 0 Å². The smallest absolute Gasteiger partial charge is 0.358 e. The zero-order valence-electron chi connectivity index (χ0n) is 20.3. The van der Waals surface area contributed by atoms with E-state index < -0.39 is 15.3 Å². The fraction of sp³-hybridized carbons (Fsp3) is 0.231. The minimum absolute atomic E-state index is 0.233. The second kappa shape index (κ2) is 9.57. The summed E-state index contributed by atoms with van der Waals surface area (Å²) in [4.78, 5) is 39.6. The normalized spacial score (nSPS) is 11.3. The lowest BCUT2D eigenvalue weighted by Crippen LogP contribution is -2.22. The third-order valence-electron chi connectivity index (χ3n) is 6.07. The Balaban J connectivity index is 1.78. The maximum Gasteiger partial charge on any atom is 0.364 e. The van der Waals surface area contributed by atoms with Crippen LogP contribution in [0.5, 0.6) is 0 Å². The first kappa shape index (κ1) is 24.5. The Labute approximate surface area is 207 Å². The standard InChI is InChI=1S/C26H24N6O4/c1-5-17-13-15-23(32(35)36)30-25(17)19-9-7-11-21(28-19)26(3,4)20-10-6-8-18(27-20)24-16(2)12-14-22(29-24)31(33)34/h6-15H,5H2,1-4H3. The largest absolute Gasteiger partial charge is 0.364 e. The molecule has 10 nitrogen and oxygen atoms in total. The van der Waals surface area contributed by atoms with Crippen LogP contribution < -0.4 is 0 Å². The average molecular weight is 485 g/mol. The number of hydrogen-bond acceptors (Lipinski definition) is 8. The molecule has 0 fully saturated rings. The fourth-order valence-corrected chi connectivity index (χ4v) is 3.93. The van der Waals surface area contributed by atoms with Gasteiger partial charge >= 0.3 is 11.6 Å². The molecular formula is C26H24N6O4. The van der Waals surface area contributed by atoms with Crippen LogP contribution in [0.1, 0.15) is 43.3 Å². The minimum Gasteiger partial charge on any atom is -0.358 e. The van der Waals surface area contributed by atoms with Crippen LogP contribution in [0.25, 0.3) is 22.8 Å². The molecule has 0 aliphatic carbocycles. The molecule has 0 amide bonds. The van der Waals surface area contributed by atoms with Crippen LogP contribution in [0.2, 0.25) is 0 Å². The first-order chi connectivity index (χ1) is 17.1. The van der Waals surface area contributed by atoms with Crippen LogP contribution in [0.15, 0.2) is 60.7 Å². The predicted molar refractivity (Wildman–Crippen MR) is 134 cm³/mol. The summed E-state index contributed by atoms with van der Waals surface area (Å²) in [7, 11) is 0. The SMILES string of the molecule is CCc1ccc([N+](=O)[O-])nc1-c1cccc(C(C)(C)c2cccc(-c3nc([N+](=O)[O-])ccc3C)n2)n1. The van der Waals surface area contributed by atoms with Gasteiger partial charge in [0.2, 0.25) is 11.4 Å². The van der Waals surface area contributed by atoms with E-state index in [2.05, 4.69) is 9.97 Å². The monoisotopic (exact) mass is 484 g/mol. The zero-order chi connectivity index (χ0) is 26.0. The van der Waals surface area contributed by atoms with E-state index in [9.17, 15) is 20.2 Å². The highest BCUT2D eigenvalue weighted by Crippen LogP contribution is 2.33. The van der Waals surface area contributed by atoms with E-state index >= 15 is 0 Å². The van der Waals surface area contributed by atoms with Gasteiger partial charge in [-0.25, -0.2) is 9.97 Å². The Morgan fingerprint density at radius 3 is 1.75 bits per heavy atom. The average Bonchev–Trinajstić information content (AvgIpc) is 2.88. The highest BCUT2D eigenvalue weighted by molar-refractivity contribution is 5.62. The van der Waals surface area contributed by atoms with Gasteiger partial charge in [0, 0.05) is 28.7 Å². The van der Waals surface area contributed by atoms with E-state index in [4.69, 9.17) is 9.97 Å². The Morgan fingerprint density at radius 1 is 0.722 bits per heavy atom. The van der Waals surface area contributed by atoms with E-state index in [1.807, 2.05) is 52.0 Å². The molecule has 0 radical (unpaired) electrons. The minimum atomic E-state index is -0.659. The molecule has 182 valence electrons. The molecule has 0 aliphatic rings. The van der Waals surface area contributed by atoms with Gasteiger partial charge in [0.05, 0.1) is 11.4 Å². The molecule has 0 atom stereocenters. The van der Waals surface area contributed by atoms with Crippen LogP contribution >= 0.6 is 0 Å². The fourth-order valence-electron chi connectivity index (χ4n) is 3.93. The molecule has 0 saturated heterocycles. The molecule has 0 aliphatic heterocycles. The van der Waals surface area contributed by atoms with Crippen LogP contribution in [-0.2, 0) is 11.8 Å². The Bertz CT molecular complexity index is 1490. The Hall–Kier alpha value is -4.60. The molecule has 10 heteroatoms. The number of hydrogen-bond donors (Lipinski definition) is 0. The van der Waals surface area contributed by atoms with E-state index in [-0.39, 0.29) is 11.6 Å². The van der Waals surface area contributed by atoms with E-state index in [1.54, 1.807) is 24.3 Å². The molecule has 36 heavy (non-hydrogen) atoms. The van der Waals surface area contributed by atoms with Crippen LogP contribution in [0, 0.1) is 27.2 Å². The van der Waals surface area contributed by atoms with Crippen molar-refractivity contribution in [2.45, 2.75) is 39.5 Å². The lowest BCUT2D eigenvalue weighted by molar-refractivity contribution is -0.389. The van der Waals surface area contributed by atoms with Gasteiger partial charge < -0.3 is 20.2 Å². The van der Waals surface area contributed by atoms with Gasteiger partial charge in [-0.2, -0.15) is 0 Å². The maximum atomic E-state index is 11.3. The second-order valence-electron chi connectivity index (χ2n) is 8.82. The summed E-state index contributed by atoms with van der Waals surface area (Å²) in [5.41, 5.74) is 4.33. The number of aromatic nitrogens is 4. The van der Waals surface area contributed by atoms with Crippen molar-refractivity contribution in [3.05, 3.63) is 103 Å². The third kappa shape index (κ3) is 4.65. The molecule has 0 bridgehead atoms. The third-order valence-corrected chi connectivity index (χ3v) is 6.07. The summed E-state index contributed by atoms with van der Waals surface area (Å²) in [6, 6.07) is 17.1. The predicted octanol–water partition coefficient (Wildman–Crippen LogP) is 5.61. The molecule has 4 heterocycles. The molecular weight excluding hydrogens is 460 g/mol.